The zero-order valence-corrected chi connectivity index (χ0v) is 22.0. The molecule has 0 spiro atoms. The summed E-state index contributed by atoms with van der Waals surface area (Å²) in [5.74, 6) is 1.79. The minimum Gasteiger partial charge on any atom is -0.372 e. The summed E-state index contributed by atoms with van der Waals surface area (Å²) in [5, 5.41) is 0. The van der Waals surface area contributed by atoms with Crippen molar-refractivity contribution in [3.8, 4) is 0 Å². The first kappa shape index (κ1) is 24.6. The van der Waals surface area contributed by atoms with E-state index < -0.39 is 0 Å². The van der Waals surface area contributed by atoms with E-state index in [2.05, 4.69) is 118 Å². The van der Waals surface area contributed by atoms with Crippen molar-refractivity contribution in [3.05, 3.63) is 90.2 Å². The van der Waals surface area contributed by atoms with Gasteiger partial charge in [0.1, 0.15) is 0 Å². The number of likely N-dealkylation sites (N-methyl/N-ethyl adjacent to an activating group) is 1. The molecule has 0 aliphatic heterocycles. The molecule has 34 heavy (non-hydrogen) atoms. The number of hydrogen-bond acceptors (Lipinski definition) is 2. The summed E-state index contributed by atoms with van der Waals surface area (Å²) >= 11 is 0. The second-order valence-electron chi connectivity index (χ2n) is 10.0. The van der Waals surface area contributed by atoms with Crippen molar-refractivity contribution in [2.24, 2.45) is 23.7 Å². The first-order valence-electron chi connectivity index (χ1n) is 13.6. The maximum absolute atomic E-state index is 4.24. The van der Waals surface area contributed by atoms with Gasteiger partial charge in [0.05, 0.1) is 0 Å². The van der Waals surface area contributed by atoms with Crippen molar-refractivity contribution < 1.29 is 0 Å². The first-order chi connectivity index (χ1) is 16.6. The van der Waals surface area contributed by atoms with Crippen LogP contribution < -0.4 is 4.90 Å². The van der Waals surface area contributed by atoms with Crippen LogP contribution in [-0.4, -0.2) is 31.1 Å². The minimum atomic E-state index is 0.0575. The van der Waals surface area contributed by atoms with Crippen molar-refractivity contribution in [1.82, 2.24) is 4.90 Å². The van der Waals surface area contributed by atoms with Gasteiger partial charge in [-0.2, -0.15) is 0 Å². The maximum Gasteiger partial charge on any atom is 0.0368 e. The molecule has 0 amide bonds. The summed E-state index contributed by atoms with van der Waals surface area (Å²) in [6, 6.07) is 7.37. The predicted octanol–water partition coefficient (Wildman–Crippen LogP) is 7.31. The molecule has 182 valence electrons. The highest BCUT2D eigenvalue weighted by molar-refractivity contribution is 5.56. The van der Waals surface area contributed by atoms with Crippen LogP contribution in [-0.2, 0) is 11.8 Å². The Hall–Kier alpha value is -2.48. The van der Waals surface area contributed by atoms with Crippen LogP contribution in [0.5, 0.6) is 0 Å². The number of allylic oxidation sites excluding steroid dienone is 8. The number of rotatable bonds is 9. The fourth-order valence-corrected chi connectivity index (χ4v) is 7.11. The van der Waals surface area contributed by atoms with Gasteiger partial charge in [-0.3, -0.25) is 0 Å². The Kier molecular flexibility index (Phi) is 7.55. The van der Waals surface area contributed by atoms with E-state index >= 15 is 0 Å². The molecule has 2 heteroatoms. The average molecular weight is 457 g/mol. The molecule has 3 aliphatic carbocycles. The molecular weight excluding hydrogens is 412 g/mol. The molecule has 0 bridgehead atoms. The Labute approximate surface area is 208 Å². The summed E-state index contributed by atoms with van der Waals surface area (Å²) in [5.41, 5.74) is 5.93. The highest BCUT2D eigenvalue weighted by Crippen LogP contribution is 2.56. The van der Waals surface area contributed by atoms with E-state index in [1.54, 1.807) is 11.1 Å². The molecule has 1 aromatic carbocycles. The van der Waals surface area contributed by atoms with Gasteiger partial charge in [-0.05, 0) is 87.6 Å². The molecule has 5 unspecified atom stereocenters. The van der Waals surface area contributed by atoms with Gasteiger partial charge in [-0.1, -0.05) is 55.5 Å². The van der Waals surface area contributed by atoms with Gasteiger partial charge >= 0.3 is 0 Å². The van der Waals surface area contributed by atoms with Crippen LogP contribution >= 0.6 is 0 Å². The second kappa shape index (κ2) is 10.4. The normalized spacial score (nSPS) is 29.3. The van der Waals surface area contributed by atoms with E-state index in [4.69, 9.17) is 0 Å². The topological polar surface area (TPSA) is 6.48 Å². The number of anilines is 1. The molecule has 1 aromatic rings. The summed E-state index contributed by atoms with van der Waals surface area (Å²) in [7, 11) is 0. The summed E-state index contributed by atoms with van der Waals surface area (Å²) < 4.78 is 0. The van der Waals surface area contributed by atoms with Crippen molar-refractivity contribution in [2.45, 2.75) is 52.9 Å². The van der Waals surface area contributed by atoms with Gasteiger partial charge in [-0.25, -0.2) is 0 Å². The van der Waals surface area contributed by atoms with Gasteiger partial charge in [0.15, 0.2) is 0 Å². The summed E-state index contributed by atoms with van der Waals surface area (Å²) in [4.78, 5) is 4.98. The Morgan fingerprint density at radius 1 is 0.912 bits per heavy atom. The monoisotopic (exact) mass is 456 g/mol. The van der Waals surface area contributed by atoms with Crippen molar-refractivity contribution in [3.63, 3.8) is 0 Å². The third-order valence-corrected chi connectivity index (χ3v) is 8.85. The van der Waals surface area contributed by atoms with E-state index in [0.29, 0.717) is 23.7 Å². The molecule has 0 saturated heterocycles. The van der Waals surface area contributed by atoms with Gasteiger partial charge in [0, 0.05) is 48.9 Å². The second-order valence-corrected chi connectivity index (χ2v) is 10.0. The molecule has 0 N–H and O–H groups in total. The lowest BCUT2D eigenvalue weighted by molar-refractivity contribution is 0.148. The fraction of sp³-hybridized carbons (Fsp3) is 0.500. The average Bonchev–Trinajstić information content (AvgIpc) is 2.88. The molecule has 4 rings (SSSR count). The van der Waals surface area contributed by atoms with Crippen LogP contribution in [0.2, 0.25) is 0 Å². The summed E-state index contributed by atoms with van der Waals surface area (Å²) in [6.07, 6.45) is 21.3. The molecule has 3 aliphatic rings. The molecular formula is C32H44N2. The quantitative estimate of drug-likeness (QED) is 0.359. The number of benzene rings is 1. The number of nitrogens with zero attached hydrogens (tertiary/aromatic N) is 2. The van der Waals surface area contributed by atoms with Crippen LogP contribution in [0.1, 0.15) is 52.2 Å². The zero-order valence-electron chi connectivity index (χ0n) is 22.0. The van der Waals surface area contributed by atoms with Crippen molar-refractivity contribution in [2.75, 3.05) is 31.1 Å². The molecule has 0 fully saturated rings. The van der Waals surface area contributed by atoms with Crippen LogP contribution in [0.25, 0.3) is 0 Å². The van der Waals surface area contributed by atoms with Crippen LogP contribution in [0.3, 0.4) is 0 Å². The Bertz CT molecular complexity index is 988. The van der Waals surface area contributed by atoms with Crippen LogP contribution in [0.15, 0.2) is 79.1 Å². The highest BCUT2D eigenvalue weighted by Gasteiger charge is 2.52. The summed E-state index contributed by atoms with van der Waals surface area (Å²) in [6.45, 7) is 19.9. The molecule has 0 radical (unpaired) electrons. The van der Waals surface area contributed by atoms with E-state index in [9.17, 15) is 0 Å². The van der Waals surface area contributed by atoms with Crippen molar-refractivity contribution in [1.29, 1.82) is 0 Å². The van der Waals surface area contributed by atoms with E-state index in [1.165, 1.54) is 11.4 Å². The molecule has 0 heterocycles. The number of hydrogen-bond donors (Lipinski definition) is 0. The standard InChI is InChI=1S/C32H44N2/c1-7-24-15-13-14-16-29(24)32(8-2)30-19-17-27(33(9-3)10-4)22-25(30)21-26-23-28(18-20-31(26)32)34(11-5)12-6/h7,13-20,22-25,29-30H,1,8-12,21H2,2-6H3. The molecule has 2 nitrogen and oxygen atoms in total. The van der Waals surface area contributed by atoms with E-state index in [0.717, 1.165) is 39.0 Å². The molecule has 0 saturated carbocycles. The van der Waals surface area contributed by atoms with E-state index in [-0.39, 0.29) is 5.41 Å². The lowest BCUT2D eigenvalue weighted by atomic mass is 9.50. The third kappa shape index (κ3) is 4.00. The van der Waals surface area contributed by atoms with Gasteiger partial charge in [0.25, 0.3) is 0 Å². The third-order valence-electron chi connectivity index (χ3n) is 8.85. The first-order valence-corrected chi connectivity index (χ1v) is 13.6. The van der Waals surface area contributed by atoms with Gasteiger partial charge in [-0.15, -0.1) is 6.58 Å². The Morgan fingerprint density at radius 2 is 1.62 bits per heavy atom. The SMILES string of the molecule is C=CC1C=CC=CC1C1(CC)c2ccc(N(CC)CC)cc2CC2C=C(N(CC)CC)C=CC21. The number of fused-ring (bicyclic) bond motifs is 2. The fourth-order valence-electron chi connectivity index (χ4n) is 7.11. The maximum atomic E-state index is 4.24. The zero-order chi connectivity index (χ0) is 24.3. The van der Waals surface area contributed by atoms with E-state index in [1.807, 2.05) is 0 Å². The smallest absolute Gasteiger partial charge is 0.0368 e. The van der Waals surface area contributed by atoms with Crippen LogP contribution in [0, 0.1) is 23.7 Å². The molecule has 5 atom stereocenters. The Morgan fingerprint density at radius 3 is 2.26 bits per heavy atom. The van der Waals surface area contributed by atoms with Gasteiger partial charge in [0.2, 0.25) is 0 Å². The highest BCUT2D eigenvalue weighted by atomic mass is 15.1. The van der Waals surface area contributed by atoms with Crippen molar-refractivity contribution >= 4 is 5.69 Å². The van der Waals surface area contributed by atoms with Crippen LogP contribution in [0.4, 0.5) is 5.69 Å². The largest absolute Gasteiger partial charge is 0.372 e. The van der Waals surface area contributed by atoms with Gasteiger partial charge < -0.3 is 9.80 Å². The minimum absolute atomic E-state index is 0.0575. The lowest BCUT2D eigenvalue weighted by Gasteiger charge is -2.54. The Balaban J connectivity index is 1.89. The molecule has 0 aromatic heterocycles. The lowest BCUT2D eigenvalue weighted by Crippen LogP contribution is -2.50. The predicted molar refractivity (Wildman–Crippen MR) is 148 cm³/mol.